The molecule has 0 unspecified atom stereocenters. The van der Waals surface area contributed by atoms with Crippen molar-refractivity contribution >= 4 is 59.9 Å². The number of imidazole rings is 1. The molecule has 0 aliphatic rings. The molecule has 0 radical (unpaired) electrons. The summed E-state index contributed by atoms with van der Waals surface area (Å²) in [6.07, 6.45) is 4.52. The second-order valence-electron chi connectivity index (χ2n) is 6.47. The fourth-order valence-corrected chi connectivity index (χ4v) is 4.01. The van der Waals surface area contributed by atoms with Crippen LogP contribution >= 0.6 is 15.9 Å². The summed E-state index contributed by atoms with van der Waals surface area (Å²) in [4.78, 5) is 13.3. The van der Waals surface area contributed by atoms with Crippen LogP contribution in [0.4, 0.5) is 23.1 Å². The summed E-state index contributed by atoms with van der Waals surface area (Å²) in [5, 5.41) is 6.23. The molecule has 4 rings (SSSR count). The van der Waals surface area contributed by atoms with Gasteiger partial charge in [0.05, 0.1) is 32.4 Å². The fourth-order valence-electron chi connectivity index (χ4n) is 2.88. The zero-order valence-electron chi connectivity index (χ0n) is 15.6. The van der Waals surface area contributed by atoms with Gasteiger partial charge in [0, 0.05) is 25.2 Å². The minimum Gasteiger partial charge on any atom is -0.338 e. The number of hydrogen-bond acceptors (Lipinski definition) is 7. The number of sulfone groups is 1. The first-order valence-electron chi connectivity index (χ1n) is 8.58. The Morgan fingerprint density at radius 2 is 1.86 bits per heavy atom. The Labute approximate surface area is 176 Å². The highest BCUT2D eigenvalue weighted by molar-refractivity contribution is 9.10. The molecule has 0 saturated carbocycles. The van der Waals surface area contributed by atoms with Crippen molar-refractivity contribution in [2.24, 2.45) is 7.05 Å². The van der Waals surface area contributed by atoms with E-state index in [1.54, 1.807) is 36.8 Å². The van der Waals surface area contributed by atoms with Gasteiger partial charge in [-0.25, -0.2) is 18.4 Å². The maximum absolute atomic E-state index is 12.0. The molecule has 0 fully saturated rings. The summed E-state index contributed by atoms with van der Waals surface area (Å²) in [6.45, 7) is 0. The fraction of sp³-hybridized carbons (Fsp3) is 0.105. The lowest BCUT2D eigenvalue weighted by atomic mass is 10.3. The van der Waals surface area contributed by atoms with Gasteiger partial charge in [-0.05, 0) is 46.3 Å². The third-order valence-corrected chi connectivity index (χ3v) is 6.00. The van der Waals surface area contributed by atoms with Crippen LogP contribution in [0.25, 0.3) is 11.0 Å². The topological polar surface area (TPSA) is 102 Å². The Kier molecular flexibility index (Phi) is 4.97. The molecule has 2 N–H and O–H groups in total. The second kappa shape index (κ2) is 7.45. The Morgan fingerprint density at radius 1 is 1.07 bits per heavy atom. The van der Waals surface area contributed by atoms with Gasteiger partial charge in [-0.3, -0.25) is 0 Å². The molecule has 0 amide bonds. The highest BCUT2D eigenvalue weighted by atomic mass is 79.9. The molecule has 0 aliphatic carbocycles. The van der Waals surface area contributed by atoms with E-state index in [0.717, 1.165) is 16.7 Å². The van der Waals surface area contributed by atoms with Crippen LogP contribution in [-0.2, 0) is 16.9 Å². The third kappa shape index (κ3) is 4.08. The summed E-state index contributed by atoms with van der Waals surface area (Å²) in [5.74, 6) is 0.806. The summed E-state index contributed by atoms with van der Waals surface area (Å²) >= 11 is 3.41. The summed E-state index contributed by atoms with van der Waals surface area (Å²) < 4.78 is 26.6. The van der Waals surface area contributed by atoms with Crippen LogP contribution in [-0.4, -0.2) is 34.2 Å². The number of anilines is 4. The highest BCUT2D eigenvalue weighted by Crippen LogP contribution is 2.29. The van der Waals surface area contributed by atoms with E-state index < -0.39 is 9.84 Å². The lowest BCUT2D eigenvalue weighted by molar-refractivity contribution is 0.602. The average Bonchev–Trinajstić information content (AvgIpc) is 3.04. The van der Waals surface area contributed by atoms with Crippen molar-refractivity contribution in [1.29, 1.82) is 0 Å². The van der Waals surface area contributed by atoms with E-state index in [-0.39, 0.29) is 4.90 Å². The van der Waals surface area contributed by atoms with E-state index in [2.05, 4.69) is 41.5 Å². The number of para-hydroxylation sites is 1. The molecule has 2 aromatic carbocycles. The van der Waals surface area contributed by atoms with Crippen molar-refractivity contribution in [1.82, 2.24) is 19.5 Å². The van der Waals surface area contributed by atoms with Crippen LogP contribution in [0.3, 0.4) is 0 Å². The summed E-state index contributed by atoms with van der Waals surface area (Å²) in [6, 6.07) is 12.5. The lowest BCUT2D eigenvalue weighted by Gasteiger charge is -2.13. The van der Waals surface area contributed by atoms with Gasteiger partial charge in [0.25, 0.3) is 0 Å². The van der Waals surface area contributed by atoms with E-state index in [1.807, 2.05) is 29.8 Å². The first-order chi connectivity index (χ1) is 13.8. The Morgan fingerprint density at radius 3 is 2.66 bits per heavy atom. The van der Waals surface area contributed by atoms with Crippen LogP contribution in [0.2, 0.25) is 0 Å². The quantitative estimate of drug-likeness (QED) is 0.452. The van der Waals surface area contributed by atoms with Crippen molar-refractivity contribution in [3.05, 3.63) is 59.5 Å². The third-order valence-electron chi connectivity index (χ3n) is 4.27. The molecule has 0 bridgehead atoms. The first-order valence-corrected chi connectivity index (χ1v) is 11.3. The number of fused-ring (bicyclic) bond motifs is 1. The van der Waals surface area contributed by atoms with Crippen molar-refractivity contribution in [2.45, 2.75) is 4.90 Å². The van der Waals surface area contributed by atoms with Crippen LogP contribution in [0.1, 0.15) is 0 Å². The number of nitrogens with zero attached hydrogens (tertiary/aromatic N) is 4. The molecule has 2 aromatic heterocycles. The summed E-state index contributed by atoms with van der Waals surface area (Å²) in [7, 11) is -1.45. The van der Waals surface area contributed by atoms with E-state index in [4.69, 9.17) is 0 Å². The zero-order chi connectivity index (χ0) is 20.6. The number of aromatic nitrogens is 4. The van der Waals surface area contributed by atoms with Crippen LogP contribution in [0, 0.1) is 0 Å². The number of benzene rings is 2. The SMILES string of the molecule is Cn1cnc2cc(Nc3ncc(Br)c(Nc4ccccc4S(C)(=O)=O)n3)ccc21. The van der Waals surface area contributed by atoms with Crippen molar-refractivity contribution in [2.75, 3.05) is 16.9 Å². The average molecular weight is 473 g/mol. The Bertz CT molecular complexity index is 1320. The molecule has 8 nitrogen and oxygen atoms in total. The van der Waals surface area contributed by atoms with Gasteiger partial charge < -0.3 is 15.2 Å². The normalized spacial score (nSPS) is 11.6. The molecule has 10 heteroatoms. The standard InChI is InChI=1S/C19H17BrN6O2S/c1-26-11-22-15-9-12(7-8-16(15)26)23-19-21-10-13(20)18(25-19)24-14-5-3-4-6-17(14)29(2,27)28/h3-11H,1-2H3,(H2,21,23,24,25). The maximum atomic E-state index is 12.0. The molecule has 29 heavy (non-hydrogen) atoms. The predicted molar refractivity (Wildman–Crippen MR) is 117 cm³/mol. The smallest absolute Gasteiger partial charge is 0.229 e. The monoisotopic (exact) mass is 472 g/mol. The number of halogens is 1. The number of aryl methyl sites for hydroxylation is 1. The van der Waals surface area contributed by atoms with Gasteiger partial charge in [-0.15, -0.1) is 0 Å². The van der Waals surface area contributed by atoms with Crippen molar-refractivity contribution in [3.63, 3.8) is 0 Å². The van der Waals surface area contributed by atoms with E-state index in [0.29, 0.717) is 21.9 Å². The molecule has 0 aliphatic heterocycles. The first kappa shape index (κ1) is 19.3. The number of rotatable bonds is 5. The van der Waals surface area contributed by atoms with E-state index >= 15 is 0 Å². The van der Waals surface area contributed by atoms with Gasteiger partial charge in [0.1, 0.15) is 5.82 Å². The zero-order valence-corrected chi connectivity index (χ0v) is 18.0. The number of nitrogens with one attached hydrogen (secondary N) is 2. The number of hydrogen-bond donors (Lipinski definition) is 2. The minimum absolute atomic E-state index is 0.195. The van der Waals surface area contributed by atoms with Gasteiger partial charge in [-0.1, -0.05) is 12.1 Å². The lowest BCUT2D eigenvalue weighted by Crippen LogP contribution is -2.05. The molecule has 2 heterocycles. The predicted octanol–water partition coefficient (Wildman–Crippen LogP) is 4.02. The van der Waals surface area contributed by atoms with E-state index in [1.165, 1.54) is 6.26 Å². The van der Waals surface area contributed by atoms with Gasteiger partial charge in [0.2, 0.25) is 5.95 Å². The molecular formula is C19H17BrN6O2S. The minimum atomic E-state index is -3.39. The molecule has 148 valence electrons. The van der Waals surface area contributed by atoms with Crippen LogP contribution in [0.5, 0.6) is 0 Å². The maximum Gasteiger partial charge on any atom is 0.229 e. The van der Waals surface area contributed by atoms with Crippen LogP contribution < -0.4 is 10.6 Å². The highest BCUT2D eigenvalue weighted by Gasteiger charge is 2.15. The molecular weight excluding hydrogens is 456 g/mol. The van der Waals surface area contributed by atoms with Gasteiger partial charge >= 0.3 is 0 Å². The van der Waals surface area contributed by atoms with E-state index in [9.17, 15) is 8.42 Å². The second-order valence-corrected chi connectivity index (χ2v) is 9.31. The molecule has 4 aromatic rings. The Hall–Kier alpha value is -2.98. The molecule has 0 atom stereocenters. The van der Waals surface area contributed by atoms with Crippen molar-refractivity contribution < 1.29 is 8.42 Å². The van der Waals surface area contributed by atoms with Gasteiger partial charge in [0.15, 0.2) is 9.84 Å². The van der Waals surface area contributed by atoms with Gasteiger partial charge in [-0.2, -0.15) is 4.98 Å². The molecule has 0 spiro atoms. The Balaban J connectivity index is 1.64. The van der Waals surface area contributed by atoms with Crippen molar-refractivity contribution in [3.8, 4) is 0 Å². The largest absolute Gasteiger partial charge is 0.338 e. The van der Waals surface area contributed by atoms with Crippen LogP contribution in [0.15, 0.2) is 64.4 Å². The summed E-state index contributed by atoms with van der Waals surface area (Å²) in [5.41, 5.74) is 3.11. The molecule has 0 saturated heterocycles.